The van der Waals surface area contributed by atoms with Gasteiger partial charge in [-0.25, -0.2) is 9.78 Å². The summed E-state index contributed by atoms with van der Waals surface area (Å²) in [4.78, 5) is 20.3. The van der Waals surface area contributed by atoms with Gasteiger partial charge in [0.15, 0.2) is 5.69 Å². The molecule has 1 aliphatic rings. The van der Waals surface area contributed by atoms with Crippen LogP contribution in [0.25, 0.3) is 0 Å². The number of aromatic carboxylic acids is 1. The molecule has 2 heterocycles. The number of aromatic nitrogens is 2. The van der Waals surface area contributed by atoms with E-state index in [-0.39, 0.29) is 23.4 Å². The second kappa shape index (κ2) is 6.23. The minimum absolute atomic E-state index is 0.000463. The third-order valence-electron chi connectivity index (χ3n) is 3.99. The SMILES string of the molecule is C[C@H]1CCN1c1nc(Nc2ccc(C(=O)O)cc2)cc(C(F)(F)F)n1. The second-order valence-electron chi connectivity index (χ2n) is 5.77. The van der Waals surface area contributed by atoms with E-state index in [0.29, 0.717) is 12.2 Å². The number of rotatable bonds is 4. The molecule has 6 nitrogen and oxygen atoms in total. The zero-order chi connectivity index (χ0) is 18.2. The standard InChI is InChI=1S/C16H15F3N4O2/c1-9-6-7-23(9)15-21-12(16(17,18)19)8-13(22-15)20-11-4-2-10(3-5-11)14(24)25/h2-5,8-9H,6-7H2,1H3,(H,24,25)(H,20,21,22)/t9-/m0/s1. The van der Waals surface area contributed by atoms with Crippen molar-refractivity contribution < 1.29 is 23.1 Å². The van der Waals surface area contributed by atoms with E-state index in [0.717, 1.165) is 12.5 Å². The van der Waals surface area contributed by atoms with Crippen LogP contribution in [-0.4, -0.2) is 33.6 Å². The molecule has 0 radical (unpaired) electrons. The van der Waals surface area contributed by atoms with Gasteiger partial charge in [0.1, 0.15) is 5.82 Å². The summed E-state index contributed by atoms with van der Waals surface area (Å²) < 4.78 is 39.3. The van der Waals surface area contributed by atoms with Crippen LogP contribution in [0.5, 0.6) is 0 Å². The molecule has 3 rings (SSSR count). The van der Waals surface area contributed by atoms with Gasteiger partial charge in [0, 0.05) is 24.3 Å². The molecule has 0 saturated carbocycles. The first kappa shape index (κ1) is 17.0. The molecule has 1 aliphatic heterocycles. The summed E-state index contributed by atoms with van der Waals surface area (Å²) in [5, 5.41) is 11.6. The minimum atomic E-state index is -4.59. The van der Waals surface area contributed by atoms with E-state index in [4.69, 9.17) is 5.11 Å². The van der Waals surface area contributed by atoms with Crippen molar-refractivity contribution in [2.45, 2.75) is 25.6 Å². The molecule has 9 heteroatoms. The van der Waals surface area contributed by atoms with Crippen molar-refractivity contribution in [3.05, 3.63) is 41.6 Å². The lowest BCUT2D eigenvalue weighted by molar-refractivity contribution is -0.141. The van der Waals surface area contributed by atoms with E-state index in [2.05, 4.69) is 15.3 Å². The summed E-state index contributed by atoms with van der Waals surface area (Å²) in [6, 6.07) is 6.56. The van der Waals surface area contributed by atoms with Crippen molar-refractivity contribution >= 4 is 23.4 Å². The quantitative estimate of drug-likeness (QED) is 0.876. The molecule has 0 bridgehead atoms. The Morgan fingerprint density at radius 3 is 2.44 bits per heavy atom. The Bertz CT molecular complexity index is 793. The summed E-state index contributed by atoms with van der Waals surface area (Å²) in [6.07, 6.45) is -3.71. The summed E-state index contributed by atoms with van der Waals surface area (Å²) in [5.74, 6) is -1.06. The number of halogens is 3. The van der Waals surface area contributed by atoms with Crippen LogP contribution in [0.15, 0.2) is 30.3 Å². The fourth-order valence-corrected chi connectivity index (χ4v) is 2.43. The topological polar surface area (TPSA) is 78.4 Å². The lowest BCUT2D eigenvalue weighted by atomic mass is 10.1. The van der Waals surface area contributed by atoms with E-state index in [1.165, 1.54) is 24.3 Å². The summed E-state index contributed by atoms with van der Waals surface area (Å²) in [7, 11) is 0. The smallest absolute Gasteiger partial charge is 0.433 e. The van der Waals surface area contributed by atoms with Gasteiger partial charge >= 0.3 is 12.1 Å². The molecule has 2 aromatic rings. The van der Waals surface area contributed by atoms with Crippen molar-refractivity contribution in [2.75, 3.05) is 16.8 Å². The molecule has 132 valence electrons. The monoisotopic (exact) mass is 352 g/mol. The Kier molecular flexibility index (Phi) is 4.23. The number of hydrogen-bond acceptors (Lipinski definition) is 5. The van der Waals surface area contributed by atoms with Crippen molar-refractivity contribution in [3.8, 4) is 0 Å². The Morgan fingerprint density at radius 1 is 1.28 bits per heavy atom. The molecule has 1 aromatic heterocycles. The number of benzene rings is 1. The van der Waals surface area contributed by atoms with Crippen LogP contribution in [0.1, 0.15) is 29.4 Å². The third kappa shape index (κ3) is 3.65. The highest BCUT2D eigenvalue weighted by atomic mass is 19.4. The first-order valence-electron chi connectivity index (χ1n) is 7.57. The van der Waals surface area contributed by atoms with Crippen molar-refractivity contribution in [2.24, 2.45) is 0 Å². The number of carboxylic acid groups (broad SMARTS) is 1. The van der Waals surface area contributed by atoms with Crippen LogP contribution in [0.4, 0.5) is 30.6 Å². The second-order valence-corrected chi connectivity index (χ2v) is 5.77. The van der Waals surface area contributed by atoms with E-state index < -0.39 is 17.8 Å². The highest BCUT2D eigenvalue weighted by molar-refractivity contribution is 5.88. The van der Waals surface area contributed by atoms with E-state index in [9.17, 15) is 18.0 Å². The lowest BCUT2D eigenvalue weighted by Crippen LogP contribution is -2.46. The van der Waals surface area contributed by atoms with E-state index >= 15 is 0 Å². The third-order valence-corrected chi connectivity index (χ3v) is 3.99. The van der Waals surface area contributed by atoms with Gasteiger partial charge in [-0.05, 0) is 37.6 Å². The normalized spacial score (nSPS) is 17.1. The molecule has 25 heavy (non-hydrogen) atoms. The fourth-order valence-electron chi connectivity index (χ4n) is 2.43. The first-order chi connectivity index (χ1) is 11.7. The first-order valence-corrected chi connectivity index (χ1v) is 7.57. The molecule has 0 amide bonds. The van der Waals surface area contributed by atoms with E-state index in [1.807, 2.05) is 6.92 Å². The zero-order valence-corrected chi connectivity index (χ0v) is 13.2. The van der Waals surface area contributed by atoms with Crippen LogP contribution in [-0.2, 0) is 6.18 Å². The molecule has 0 spiro atoms. The lowest BCUT2D eigenvalue weighted by Gasteiger charge is -2.38. The highest BCUT2D eigenvalue weighted by Gasteiger charge is 2.35. The zero-order valence-electron chi connectivity index (χ0n) is 13.2. The molecular formula is C16H15F3N4O2. The van der Waals surface area contributed by atoms with Crippen LogP contribution in [0, 0.1) is 0 Å². The predicted molar refractivity (Wildman–Crippen MR) is 85.1 cm³/mol. The Hall–Kier alpha value is -2.84. The van der Waals surface area contributed by atoms with Crippen molar-refractivity contribution in [1.29, 1.82) is 0 Å². The number of carbonyl (C=O) groups is 1. The molecule has 0 unspecified atom stereocenters. The molecule has 1 atom stereocenters. The summed E-state index contributed by atoms with van der Waals surface area (Å²) in [6.45, 7) is 2.50. The van der Waals surface area contributed by atoms with Crippen LogP contribution >= 0.6 is 0 Å². The van der Waals surface area contributed by atoms with Gasteiger partial charge in [0.2, 0.25) is 5.95 Å². The molecular weight excluding hydrogens is 337 g/mol. The van der Waals surface area contributed by atoms with Gasteiger partial charge in [-0.3, -0.25) is 0 Å². The molecule has 2 N–H and O–H groups in total. The van der Waals surface area contributed by atoms with Gasteiger partial charge in [-0.15, -0.1) is 0 Å². The van der Waals surface area contributed by atoms with Crippen LogP contribution < -0.4 is 10.2 Å². The molecule has 1 saturated heterocycles. The number of anilines is 3. The summed E-state index contributed by atoms with van der Waals surface area (Å²) in [5.41, 5.74) is -0.514. The van der Waals surface area contributed by atoms with Crippen LogP contribution in [0.2, 0.25) is 0 Å². The average molecular weight is 352 g/mol. The Labute approximate surface area is 141 Å². The molecule has 1 fully saturated rings. The van der Waals surface area contributed by atoms with E-state index in [1.54, 1.807) is 4.90 Å². The number of alkyl halides is 3. The molecule has 0 aliphatic carbocycles. The maximum atomic E-state index is 13.1. The minimum Gasteiger partial charge on any atom is -0.478 e. The Morgan fingerprint density at radius 2 is 1.96 bits per heavy atom. The molecule has 1 aromatic carbocycles. The van der Waals surface area contributed by atoms with Crippen LogP contribution in [0.3, 0.4) is 0 Å². The number of nitrogens with zero attached hydrogens (tertiary/aromatic N) is 3. The highest BCUT2D eigenvalue weighted by Crippen LogP contribution is 2.33. The van der Waals surface area contributed by atoms with Gasteiger partial charge in [-0.2, -0.15) is 18.2 Å². The maximum absolute atomic E-state index is 13.1. The van der Waals surface area contributed by atoms with Gasteiger partial charge in [0.05, 0.1) is 5.56 Å². The number of nitrogens with one attached hydrogen (secondary N) is 1. The maximum Gasteiger partial charge on any atom is 0.433 e. The number of hydrogen-bond donors (Lipinski definition) is 2. The van der Waals surface area contributed by atoms with Crippen molar-refractivity contribution in [1.82, 2.24) is 9.97 Å². The summed E-state index contributed by atoms with van der Waals surface area (Å²) >= 11 is 0. The fraction of sp³-hybridized carbons (Fsp3) is 0.312. The predicted octanol–water partition coefficient (Wildman–Crippen LogP) is 3.54. The largest absolute Gasteiger partial charge is 0.478 e. The number of carboxylic acids is 1. The van der Waals surface area contributed by atoms with Gasteiger partial charge in [0.25, 0.3) is 0 Å². The van der Waals surface area contributed by atoms with Crippen molar-refractivity contribution in [3.63, 3.8) is 0 Å². The average Bonchev–Trinajstić information content (AvgIpc) is 2.53. The van der Waals surface area contributed by atoms with Gasteiger partial charge in [-0.1, -0.05) is 0 Å². The Balaban J connectivity index is 1.91. The van der Waals surface area contributed by atoms with Gasteiger partial charge < -0.3 is 15.3 Å².